The molecular formula is C13H18F2O3. The van der Waals surface area contributed by atoms with Gasteiger partial charge in [-0.15, -0.1) is 0 Å². The van der Waals surface area contributed by atoms with Gasteiger partial charge in [-0.25, -0.2) is 8.78 Å². The summed E-state index contributed by atoms with van der Waals surface area (Å²) < 4.78 is 33.4. The lowest BCUT2D eigenvalue weighted by atomic mass is 10.2. The first-order valence-corrected chi connectivity index (χ1v) is 5.84. The number of hydrogen-bond donors (Lipinski definition) is 1. The van der Waals surface area contributed by atoms with Gasteiger partial charge in [0.1, 0.15) is 6.61 Å². The van der Waals surface area contributed by atoms with Crippen molar-refractivity contribution in [3.8, 4) is 0 Å². The Bertz CT molecular complexity index is 306. The highest BCUT2D eigenvalue weighted by Gasteiger charge is 2.06. The minimum atomic E-state index is -2.46. The van der Waals surface area contributed by atoms with E-state index in [9.17, 15) is 13.9 Å². The highest BCUT2D eigenvalue weighted by molar-refractivity contribution is 5.13. The highest BCUT2D eigenvalue weighted by atomic mass is 19.3. The fourth-order valence-corrected chi connectivity index (χ4v) is 1.36. The second-order valence-electron chi connectivity index (χ2n) is 3.91. The summed E-state index contributed by atoms with van der Waals surface area (Å²) >= 11 is 0. The summed E-state index contributed by atoms with van der Waals surface area (Å²) in [6, 6.07) is 9.59. The Morgan fingerprint density at radius 1 is 1.06 bits per heavy atom. The Labute approximate surface area is 105 Å². The molecule has 0 saturated heterocycles. The van der Waals surface area contributed by atoms with Crippen LogP contribution in [0.3, 0.4) is 0 Å². The van der Waals surface area contributed by atoms with E-state index in [1.807, 2.05) is 30.3 Å². The van der Waals surface area contributed by atoms with Crippen LogP contribution in [0.25, 0.3) is 0 Å². The Kier molecular flexibility index (Phi) is 7.48. The predicted octanol–water partition coefficient (Wildman–Crippen LogP) is 2.24. The molecule has 3 nitrogen and oxygen atoms in total. The van der Waals surface area contributed by atoms with Crippen LogP contribution in [0.5, 0.6) is 0 Å². The molecule has 0 heterocycles. The maximum atomic E-state index is 11.7. The monoisotopic (exact) mass is 260 g/mol. The minimum absolute atomic E-state index is 0.111. The van der Waals surface area contributed by atoms with Crippen LogP contribution < -0.4 is 0 Å². The topological polar surface area (TPSA) is 38.7 Å². The Hall–Kier alpha value is -1.04. The van der Waals surface area contributed by atoms with Gasteiger partial charge >= 0.3 is 0 Å². The molecule has 1 atom stereocenters. The summed E-state index contributed by atoms with van der Waals surface area (Å²) in [5, 5.41) is 9.50. The van der Waals surface area contributed by atoms with Crippen molar-refractivity contribution in [1.82, 2.24) is 0 Å². The van der Waals surface area contributed by atoms with Crippen molar-refractivity contribution in [2.24, 2.45) is 0 Å². The first kappa shape index (κ1) is 15.0. The Morgan fingerprint density at radius 2 is 1.78 bits per heavy atom. The molecule has 1 aromatic carbocycles. The van der Waals surface area contributed by atoms with Crippen LogP contribution in [0.4, 0.5) is 8.78 Å². The molecule has 0 amide bonds. The largest absolute Gasteiger partial charge is 0.391 e. The molecule has 18 heavy (non-hydrogen) atoms. The fraction of sp³-hybridized carbons (Fsp3) is 0.538. The van der Waals surface area contributed by atoms with E-state index < -0.39 is 19.1 Å². The number of aliphatic hydroxyl groups is 1. The second-order valence-corrected chi connectivity index (χ2v) is 3.91. The SMILES string of the molecule is OC(CCOCC(F)F)COCc1ccccc1. The molecule has 1 rings (SSSR count). The van der Waals surface area contributed by atoms with Crippen molar-refractivity contribution in [3.63, 3.8) is 0 Å². The number of halogens is 2. The number of rotatable bonds is 9. The van der Waals surface area contributed by atoms with Crippen molar-refractivity contribution >= 4 is 0 Å². The van der Waals surface area contributed by atoms with E-state index in [0.717, 1.165) is 5.56 Å². The summed E-state index contributed by atoms with van der Waals surface area (Å²) in [6.45, 7) is 0.126. The van der Waals surface area contributed by atoms with Gasteiger partial charge in [0.2, 0.25) is 0 Å². The molecule has 0 aromatic heterocycles. The van der Waals surface area contributed by atoms with Crippen molar-refractivity contribution in [1.29, 1.82) is 0 Å². The number of alkyl halides is 2. The minimum Gasteiger partial charge on any atom is -0.391 e. The predicted molar refractivity (Wildman–Crippen MR) is 63.5 cm³/mol. The zero-order valence-electron chi connectivity index (χ0n) is 10.1. The zero-order chi connectivity index (χ0) is 13.2. The molecule has 0 aliphatic rings. The third kappa shape index (κ3) is 7.32. The van der Waals surface area contributed by atoms with E-state index in [-0.39, 0.29) is 13.2 Å². The van der Waals surface area contributed by atoms with E-state index in [4.69, 9.17) is 4.74 Å². The van der Waals surface area contributed by atoms with Gasteiger partial charge in [0, 0.05) is 6.61 Å². The molecule has 0 aliphatic heterocycles. The molecule has 1 N–H and O–H groups in total. The summed E-state index contributed by atoms with van der Waals surface area (Å²) in [7, 11) is 0. The van der Waals surface area contributed by atoms with Gasteiger partial charge in [-0.2, -0.15) is 0 Å². The van der Waals surface area contributed by atoms with Crippen LogP contribution in [0.15, 0.2) is 30.3 Å². The summed E-state index contributed by atoms with van der Waals surface area (Å²) in [4.78, 5) is 0. The normalized spacial score (nSPS) is 12.9. The van der Waals surface area contributed by atoms with Gasteiger partial charge in [0.05, 0.1) is 19.3 Å². The lowest BCUT2D eigenvalue weighted by Gasteiger charge is -2.11. The molecule has 0 aliphatic carbocycles. The molecule has 0 fully saturated rings. The maximum absolute atomic E-state index is 11.7. The van der Waals surface area contributed by atoms with Crippen LogP contribution in [0.1, 0.15) is 12.0 Å². The summed E-state index contributed by atoms with van der Waals surface area (Å²) in [5.74, 6) is 0. The average Bonchev–Trinajstić information content (AvgIpc) is 2.36. The van der Waals surface area contributed by atoms with E-state index in [2.05, 4.69) is 4.74 Å². The molecule has 1 unspecified atom stereocenters. The van der Waals surface area contributed by atoms with Crippen LogP contribution in [0.2, 0.25) is 0 Å². The number of hydrogen-bond acceptors (Lipinski definition) is 3. The molecule has 0 spiro atoms. The third-order valence-corrected chi connectivity index (χ3v) is 2.26. The molecule has 102 valence electrons. The van der Waals surface area contributed by atoms with Gasteiger partial charge < -0.3 is 14.6 Å². The first-order chi connectivity index (χ1) is 8.68. The molecule has 5 heteroatoms. The standard InChI is InChI=1S/C13H18F2O3/c14-13(15)10-17-7-6-12(16)9-18-8-11-4-2-1-3-5-11/h1-5,12-13,16H,6-10H2. The Balaban J connectivity index is 2.01. The molecule has 1 aromatic rings. The quantitative estimate of drug-likeness (QED) is 0.692. The van der Waals surface area contributed by atoms with E-state index in [0.29, 0.717) is 13.0 Å². The lowest BCUT2D eigenvalue weighted by molar-refractivity contribution is -0.0155. The summed E-state index contributed by atoms with van der Waals surface area (Å²) in [5.41, 5.74) is 1.03. The van der Waals surface area contributed by atoms with Crippen molar-refractivity contribution < 1.29 is 23.4 Å². The van der Waals surface area contributed by atoms with E-state index >= 15 is 0 Å². The number of benzene rings is 1. The molecule has 0 bridgehead atoms. The van der Waals surface area contributed by atoms with Gasteiger partial charge in [-0.05, 0) is 12.0 Å². The summed E-state index contributed by atoms with van der Waals surface area (Å²) in [6.07, 6.45) is -2.86. The lowest BCUT2D eigenvalue weighted by Crippen LogP contribution is -2.18. The van der Waals surface area contributed by atoms with Crippen LogP contribution in [-0.2, 0) is 16.1 Å². The average molecular weight is 260 g/mol. The number of ether oxygens (including phenoxy) is 2. The van der Waals surface area contributed by atoms with Crippen molar-refractivity contribution in [2.45, 2.75) is 25.6 Å². The maximum Gasteiger partial charge on any atom is 0.261 e. The van der Waals surface area contributed by atoms with Crippen LogP contribution in [-0.4, -0.2) is 37.5 Å². The van der Waals surface area contributed by atoms with E-state index in [1.54, 1.807) is 0 Å². The Morgan fingerprint density at radius 3 is 2.44 bits per heavy atom. The third-order valence-electron chi connectivity index (χ3n) is 2.26. The number of aliphatic hydroxyl groups excluding tert-OH is 1. The molecule has 0 radical (unpaired) electrons. The van der Waals surface area contributed by atoms with Crippen LogP contribution in [0, 0.1) is 0 Å². The van der Waals surface area contributed by atoms with Crippen molar-refractivity contribution in [2.75, 3.05) is 19.8 Å². The zero-order valence-corrected chi connectivity index (χ0v) is 10.1. The van der Waals surface area contributed by atoms with Gasteiger partial charge in [0.15, 0.2) is 0 Å². The van der Waals surface area contributed by atoms with E-state index in [1.165, 1.54) is 0 Å². The van der Waals surface area contributed by atoms with Crippen LogP contribution >= 0.6 is 0 Å². The van der Waals surface area contributed by atoms with Gasteiger partial charge in [-0.1, -0.05) is 30.3 Å². The fourth-order valence-electron chi connectivity index (χ4n) is 1.36. The van der Waals surface area contributed by atoms with Crippen molar-refractivity contribution in [3.05, 3.63) is 35.9 Å². The van der Waals surface area contributed by atoms with Gasteiger partial charge in [0.25, 0.3) is 6.43 Å². The first-order valence-electron chi connectivity index (χ1n) is 5.84. The highest BCUT2D eigenvalue weighted by Crippen LogP contribution is 2.02. The molecule has 0 saturated carbocycles. The smallest absolute Gasteiger partial charge is 0.261 e. The second kappa shape index (κ2) is 8.97. The van der Waals surface area contributed by atoms with Gasteiger partial charge in [-0.3, -0.25) is 0 Å². The molecular weight excluding hydrogens is 242 g/mol.